The molecule has 1 aromatic heterocycles. The zero-order valence-corrected chi connectivity index (χ0v) is 14.5. The van der Waals surface area contributed by atoms with Gasteiger partial charge in [0.05, 0.1) is 12.1 Å². The number of anilines is 1. The number of hydrogen-bond donors (Lipinski definition) is 1. The fraction of sp³-hybridized carbons (Fsp3) is 0.706. The molecule has 0 radical (unpaired) electrons. The fourth-order valence-electron chi connectivity index (χ4n) is 3.66. The van der Waals surface area contributed by atoms with E-state index in [0.29, 0.717) is 24.8 Å². The molecule has 1 N–H and O–H groups in total. The third kappa shape index (κ3) is 3.91. The number of carbonyl (C=O) groups is 2. The monoisotopic (exact) mass is 335 g/mol. The lowest BCUT2D eigenvalue weighted by molar-refractivity contribution is -0.121. The number of amides is 2. The Kier molecular flexibility index (Phi) is 5.30. The zero-order valence-electron chi connectivity index (χ0n) is 13.7. The maximum absolute atomic E-state index is 12.3. The molecule has 0 spiro atoms. The first kappa shape index (κ1) is 16.4. The van der Waals surface area contributed by atoms with Gasteiger partial charge in [-0.1, -0.05) is 26.2 Å². The van der Waals surface area contributed by atoms with Crippen LogP contribution in [0.1, 0.15) is 57.6 Å². The number of carbonyl (C=O) groups excluding carboxylic acids is 2. The largest absolute Gasteiger partial charge is 0.353 e. The molecule has 2 amide bonds. The van der Waals surface area contributed by atoms with Crippen molar-refractivity contribution in [3.63, 3.8) is 0 Å². The van der Waals surface area contributed by atoms with Crippen LogP contribution in [0.15, 0.2) is 5.38 Å². The molecule has 2 atom stereocenters. The molecule has 0 unspecified atom stereocenters. The minimum atomic E-state index is 0.0555. The summed E-state index contributed by atoms with van der Waals surface area (Å²) in [7, 11) is 0. The molecule has 3 rings (SSSR count). The van der Waals surface area contributed by atoms with Gasteiger partial charge < -0.3 is 5.32 Å². The maximum atomic E-state index is 12.3. The SMILES string of the molecule is CC[C@@H]1CCCC[C@@H]1NC(=O)Cc1csc(N2CCCC2=O)n1. The highest BCUT2D eigenvalue weighted by molar-refractivity contribution is 7.14. The lowest BCUT2D eigenvalue weighted by Crippen LogP contribution is -2.42. The second-order valence-corrected chi connectivity index (χ2v) is 7.41. The standard InChI is InChI=1S/C17H25N3O2S/c1-2-12-6-3-4-7-14(12)19-15(21)10-13-11-23-17(18-13)20-9-5-8-16(20)22/h11-12,14H,2-10H2,1H3,(H,19,21)/t12-,14+/m1/s1. The van der Waals surface area contributed by atoms with Crippen LogP contribution in [-0.2, 0) is 16.0 Å². The quantitative estimate of drug-likeness (QED) is 0.900. The topological polar surface area (TPSA) is 62.3 Å². The summed E-state index contributed by atoms with van der Waals surface area (Å²) in [6.45, 7) is 2.95. The molecule has 2 heterocycles. The molecule has 6 heteroatoms. The van der Waals surface area contributed by atoms with Gasteiger partial charge in [-0.2, -0.15) is 0 Å². The van der Waals surface area contributed by atoms with E-state index >= 15 is 0 Å². The van der Waals surface area contributed by atoms with Gasteiger partial charge in [-0.25, -0.2) is 4.98 Å². The van der Waals surface area contributed by atoms with Crippen LogP contribution >= 0.6 is 11.3 Å². The van der Waals surface area contributed by atoms with Gasteiger partial charge in [0.15, 0.2) is 5.13 Å². The first-order valence-corrected chi connectivity index (χ1v) is 9.59. The van der Waals surface area contributed by atoms with Crippen LogP contribution in [0.3, 0.4) is 0 Å². The Morgan fingerprint density at radius 3 is 2.96 bits per heavy atom. The van der Waals surface area contributed by atoms with E-state index in [0.717, 1.165) is 36.6 Å². The second kappa shape index (κ2) is 7.43. The van der Waals surface area contributed by atoms with Gasteiger partial charge in [-0.3, -0.25) is 14.5 Å². The van der Waals surface area contributed by atoms with E-state index in [9.17, 15) is 9.59 Å². The summed E-state index contributed by atoms with van der Waals surface area (Å²) in [5.74, 6) is 0.809. The van der Waals surface area contributed by atoms with Crippen LogP contribution in [0.25, 0.3) is 0 Å². The molecule has 1 aliphatic heterocycles. The fourth-order valence-corrected chi connectivity index (χ4v) is 4.53. The van der Waals surface area contributed by atoms with Crippen molar-refractivity contribution in [2.24, 2.45) is 5.92 Å². The third-order valence-electron chi connectivity index (χ3n) is 4.97. The summed E-state index contributed by atoms with van der Waals surface area (Å²) < 4.78 is 0. The van der Waals surface area contributed by atoms with Gasteiger partial charge in [0, 0.05) is 24.4 Å². The average Bonchev–Trinajstić information content (AvgIpc) is 3.16. The van der Waals surface area contributed by atoms with Crippen LogP contribution in [0.2, 0.25) is 0 Å². The van der Waals surface area contributed by atoms with Crippen molar-refractivity contribution < 1.29 is 9.59 Å². The van der Waals surface area contributed by atoms with Gasteiger partial charge in [0.25, 0.3) is 0 Å². The molecule has 2 fully saturated rings. The van der Waals surface area contributed by atoms with E-state index in [-0.39, 0.29) is 11.8 Å². The van der Waals surface area contributed by atoms with Crippen LogP contribution in [0.4, 0.5) is 5.13 Å². The van der Waals surface area contributed by atoms with Crippen molar-refractivity contribution in [3.8, 4) is 0 Å². The smallest absolute Gasteiger partial charge is 0.228 e. The summed E-state index contributed by atoms with van der Waals surface area (Å²) in [6, 6.07) is 0.319. The Hall–Kier alpha value is -1.43. The van der Waals surface area contributed by atoms with Crippen LogP contribution in [0, 0.1) is 5.92 Å². The number of hydrogen-bond acceptors (Lipinski definition) is 4. The molecule has 0 aromatic carbocycles. The molecule has 1 saturated carbocycles. The Bertz CT molecular complexity index is 572. The minimum absolute atomic E-state index is 0.0555. The number of aromatic nitrogens is 1. The molecule has 1 aliphatic carbocycles. The van der Waals surface area contributed by atoms with E-state index in [1.807, 2.05) is 5.38 Å². The normalized spacial score (nSPS) is 24.9. The minimum Gasteiger partial charge on any atom is -0.353 e. The molecule has 5 nitrogen and oxygen atoms in total. The first-order chi connectivity index (χ1) is 11.2. The first-order valence-electron chi connectivity index (χ1n) is 8.71. The molecule has 1 aromatic rings. The van der Waals surface area contributed by atoms with Crippen molar-refractivity contribution in [1.82, 2.24) is 10.3 Å². The predicted molar refractivity (Wildman–Crippen MR) is 91.6 cm³/mol. The van der Waals surface area contributed by atoms with Crippen LogP contribution in [0.5, 0.6) is 0 Å². The van der Waals surface area contributed by atoms with E-state index in [4.69, 9.17) is 0 Å². The van der Waals surface area contributed by atoms with E-state index in [2.05, 4.69) is 17.2 Å². The summed E-state index contributed by atoms with van der Waals surface area (Å²) in [5, 5.41) is 5.84. The molecular weight excluding hydrogens is 310 g/mol. The highest BCUT2D eigenvalue weighted by Gasteiger charge is 2.26. The second-order valence-electron chi connectivity index (χ2n) is 6.57. The van der Waals surface area contributed by atoms with Crippen molar-refractivity contribution in [3.05, 3.63) is 11.1 Å². The number of nitrogens with zero attached hydrogens (tertiary/aromatic N) is 2. The van der Waals surface area contributed by atoms with E-state index < -0.39 is 0 Å². The lowest BCUT2D eigenvalue weighted by atomic mass is 9.83. The van der Waals surface area contributed by atoms with Crippen molar-refractivity contribution in [2.75, 3.05) is 11.4 Å². The van der Waals surface area contributed by atoms with Crippen LogP contribution < -0.4 is 10.2 Å². The molecule has 126 valence electrons. The maximum Gasteiger partial charge on any atom is 0.228 e. The Morgan fingerprint density at radius 2 is 2.22 bits per heavy atom. The highest BCUT2D eigenvalue weighted by Crippen LogP contribution is 2.27. The van der Waals surface area contributed by atoms with Gasteiger partial charge >= 0.3 is 0 Å². The molecule has 1 saturated heterocycles. The summed E-state index contributed by atoms with van der Waals surface area (Å²) in [6.07, 6.45) is 7.75. The Labute approximate surface area is 141 Å². The Morgan fingerprint density at radius 1 is 1.39 bits per heavy atom. The third-order valence-corrected chi connectivity index (χ3v) is 5.88. The van der Waals surface area contributed by atoms with Crippen molar-refractivity contribution in [2.45, 2.75) is 64.3 Å². The van der Waals surface area contributed by atoms with E-state index in [1.165, 1.54) is 30.6 Å². The van der Waals surface area contributed by atoms with Crippen molar-refractivity contribution >= 4 is 28.3 Å². The summed E-state index contributed by atoms with van der Waals surface area (Å²) >= 11 is 1.46. The van der Waals surface area contributed by atoms with Gasteiger partial charge in [0.2, 0.25) is 11.8 Å². The average molecular weight is 335 g/mol. The molecule has 0 bridgehead atoms. The van der Waals surface area contributed by atoms with E-state index in [1.54, 1.807) is 4.90 Å². The summed E-state index contributed by atoms with van der Waals surface area (Å²) in [5.41, 5.74) is 0.769. The lowest BCUT2D eigenvalue weighted by Gasteiger charge is -2.31. The molecule has 2 aliphatic rings. The Balaban J connectivity index is 1.55. The van der Waals surface area contributed by atoms with Gasteiger partial charge in [-0.05, 0) is 25.2 Å². The zero-order chi connectivity index (χ0) is 16.2. The number of rotatable bonds is 5. The van der Waals surface area contributed by atoms with Gasteiger partial charge in [-0.15, -0.1) is 11.3 Å². The number of thiazole rings is 1. The van der Waals surface area contributed by atoms with Crippen molar-refractivity contribution in [1.29, 1.82) is 0 Å². The predicted octanol–water partition coefficient (Wildman–Crippen LogP) is 2.90. The molecule has 23 heavy (non-hydrogen) atoms. The van der Waals surface area contributed by atoms with Gasteiger partial charge in [0.1, 0.15) is 0 Å². The molecular formula is C17H25N3O2S. The number of nitrogens with one attached hydrogen (secondary N) is 1. The summed E-state index contributed by atoms with van der Waals surface area (Å²) in [4.78, 5) is 30.3. The highest BCUT2D eigenvalue weighted by atomic mass is 32.1. The van der Waals surface area contributed by atoms with Crippen LogP contribution in [-0.4, -0.2) is 29.4 Å².